The van der Waals surface area contributed by atoms with E-state index in [0.29, 0.717) is 6.42 Å². The van der Waals surface area contributed by atoms with Crippen molar-refractivity contribution in [3.63, 3.8) is 0 Å². The Kier molecular flexibility index (Phi) is 4.51. The zero-order valence-corrected chi connectivity index (χ0v) is 11.0. The van der Waals surface area contributed by atoms with E-state index in [9.17, 15) is 13.2 Å². The summed E-state index contributed by atoms with van der Waals surface area (Å²) in [5.74, 6) is 2.60. The number of benzene rings is 1. The van der Waals surface area contributed by atoms with Gasteiger partial charge in [-0.1, -0.05) is 24.3 Å². The maximum Gasteiger partial charge on any atom is 0.416 e. The molecule has 1 aromatic carbocycles. The molecule has 0 aromatic heterocycles. The zero-order chi connectivity index (χ0) is 14.6. The molecular formula is C16H16F3N. The molecule has 1 aromatic rings. The van der Waals surface area contributed by atoms with Gasteiger partial charge in [-0.2, -0.15) is 13.2 Å². The molecule has 1 unspecified atom stereocenters. The second kappa shape index (κ2) is 6.15. The van der Waals surface area contributed by atoms with Crippen molar-refractivity contribution in [3.05, 3.63) is 47.5 Å². The second-order valence-corrected chi connectivity index (χ2v) is 4.77. The lowest BCUT2D eigenvalue weighted by molar-refractivity contribution is -0.137. The Bertz CT molecular complexity index is 508. The highest BCUT2D eigenvalue weighted by Crippen LogP contribution is 2.32. The standard InChI is InChI=1S/C16H16F3N/c1-2-3-11-20-12-5-4-6-15(20)13-7-9-14(10-8-13)16(17,18)19/h1,4,6-10,15H,3,5,11-12H2. The van der Waals surface area contributed by atoms with Crippen molar-refractivity contribution >= 4 is 0 Å². The predicted molar refractivity (Wildman–Crippen MR) is 73.0 cm³/mol. The molecule has 0 bridgehead atoms. The molecule has 20 heavy (non-hydrogen) atoms. The van der Waals surface area contributed by atoms with Crippen LogP contribution in [0.1, 0.15) is 30.0 Å². The highest BCUT2D eigenvalue weighted by atomic mass is 19.4. The van der Waals surface area contributed by atoms with Gasteiger partial charge in [0.05, 0.1) is 11.6 Å². The average Bonchev–Trinajstić information content (AvgIpc) is 2.45. The first-order chi connectivity index (χ1) is 9.52. The molecule has 0 aliphatic carbocycles. The Balaban J connectivity index is 2.18. The van der Waals surface area contributed by atoms with Crippen molar-refractivity contribution < 1.29 is 13.2 Å². The predicted octanol–water partition coefficient (Wildman–Crippen LogP) is 4.03. The van der Waals surface area contributed by atoms with Crippen molar-refractivity contribution in [3.8, 4) is 12.3 Å². The van der Waals surface area contributed by atoms with Gasteiger partial charge in [-0.05, 0) is 24.1 Å². The van der Waals surface area contributed by atoms with E-state index >= 15 is 0 Å². The third kappa shape index (κ3) is 3.43. The molecular weight excluding hydrogens is 263 g/mol. The minimum atomic E-state index is -4.29. The summed E-state index contributed by atoms with van der Waals surface area (Å²) in [5.41, 5.74) is 0.252. The van der Waals surface area contributed by atoms with E-state index in [1.54, 1.807) is 12.1 Å². The van der Waals surface area contributed by atoms with Crippen molar-refractivity contribution in [2.75, 3.05) is 13.1 Å². The summed E-state index contributed by atoms with van der Waals surface area (Å²) >= 11 is 0. The summed E-state index contributed by atoms with van der Waals surface area (Å²) < 4.78 is 37.7. The van der Waals surface area contributed by atoms with Crippen LogP contribution < -0.4 is 0 Å². The summed E-state index contributed by atoms with van der Waals surface area (Å²) in [5, 5.41) is 0. The Morgan fingerprint density at radius 2 is 1.95 bits per heavy atom. The Morgan fingerprint density at radius 3 is 2.55 bits per heavy atom. The summed E-state index contributed by atoms with van der Waals surface area (Å²) in [4.78, 5) is 2.20. The fourth-order valence-corrected chi connectivity index (χ4v) is 2.38. The molecule has 1 atom stereocenters. The average molecular weight is 279 g/mol. The van der Waals surface area contributed by atoms with Crippen LogP contribution in [0.15, 0.2) is 36.4 Å². The van der Waals surface area contributed by atoms with Crippen molar-refractivity contribution in [1.82, 2.24) is 4.90 Å². The van der Waals surface area contributed by atoms with Gasteiger partial charge >= 0.3 is 6.18 Å². The molecule has 1 aliphatic rings. The number of terminal acetylenes is 1. The lowest BCUT2D eigenvalue weighted by Crippen LogP contribution is -2.31. The maximum atomic E-state index is 12.6. The van der Waals surface area contributed by atoms with Crippen molar-refractivity contribution in [2.24, 2.45) is 0 Å². The number of rotatable bonds is 3. The van der Waals surface area contributed by atoms with Crippen LogP contribution in [0.25, 0.3) is 0 Å². The van der Waals surface area contributed by atoms with Gasteiger partial charge in [-0.15, -0.1) is 12.3 Å². The van der Waals surface area contributed by atoms with Gasteiger partial charge in [0.15, 0.2) is 0 Å². The van der Waals surface area contributed by atoms with Gasteiger partial charge in [0.1, 0.15) is 0 Å². The highest BCUT2D eigenvalue weighted by molar-refractivity contribution is 5.29. The monoisotopic (exact) mass is 279 g/mol. The zero-order valence-electron chi connectivity index (χ0n) is 11.0. The van der Waals surface area contributed by atoms with Gasteiger partial charge in [0, 0.05) is 19.5 Å². The first-order valence-corrected chi connectivity index (χ1v) is 6.53. The topological polar surface area (TPSA) is 3.24 Å². The van der Waals surface area contributed by atoms with Crippen LogP contribution in [0.3, 0.4) is 0 Å². The van der Waals surface area contributed by atoms with E-state index in [-0.39, 0.29) is 6.04 Å². The molecule has 0 amide bonds. The molecule has 2 rings (SSSR count). The van der Waals surface area contributed by atoms with E-state index in [1.165, 1.54) is 0 Å². The molecule has 0 saturated carbocycles. The smallest absolute Gasteiger partial charge is 0.292 e. The van der Waals surface area contributed by atoms with E-state index < -0.39 is 11.7 Å². The van der Waals surface area contributed by atoms with Gasteiger partial charge in [0.2, 0.25) is 0 Å². The summed E-state index contributed by atoms with van der Waals surface area (Å²) in [7, 11) is 0. The maximum absolute atomic E-state index is 12.6. The summed E-state index contributed by atoms with van der Waals surface area (Å²) in [6.07, 6.45) is 6.67. The van der Waals surface area contributed by atoms with Crippen LogP contribution in [0, 0.1) is 12.3 Å². The molecule has 0 saturated heterocycles. The fourth-order valence-electron chi connectivity index (χ4n) is 2.38. The van der Waals surface area contributed by atoms with Crippen LogP contribution in [0.2, 0.25) is 0 Å². The SMILES string of the molecule is C#CCCN1CCC=CC1c1ccc(C(F)(F)F)cc1. The fraction of sp³-hybridized carbons (Fsp3) is 0.375. The second-order valence-electron chi connectivity index (χ2n) is 4.77. The Hall–Kier alpha value is -1.73. The largest absolute Gasteiger partial charge is 0.416 e. The van der Waals surface area contributed by atoms with Crippen molar-refractivity contribution in [1.29, 1.82) is 0 Å². The Labute approximate surface area is 117 Å². The molecule has 0 fully saturated rings. The quantitative estimate of drug-likeness (QED) is 0.596. The lowest BCUT2D eigenvalue weighted by Gasteiger charge is -2.32. The van der Waals surface area contributed by atoms with E-state index in [4.69, 9.17) is 6.42 Å². The highest BCUT2D eigenvalue weighted by Gasteiger charge is 2.30. The number of hydrogen-bond donors (Lipinski definition) is 0. The van der Waals surface area contributed by atoms with Crippen molar-refractivity contribution in [2.45, 2.75) is 25.1 Å². The minimum absolute atomic E-state index is 0.0133. The lowest BCUT2D eigenvalue weighted by atomic mass is 9.99. The molecule has 106 valence electrons. The number of alkyl halides is 3. The minimum Gasteiger partial charge on any atom is -0.292 e. The molecule has 0 spiro atoms. The van der Waals surface area contributed by atoms with Crippen LogP contribution in [-0.2, 0) is 6.18 Å². The molecule has 1 heterocycles. The molecule has 1 aliphatic heterocycles. The van der Waals surface area contributed by atoms with Crippen LogP contribution >= 0.6 is 0 Å². The third-order valence-corrected chi connectivity index (χ3v) is 3.42. The third-order valence-electron chi connectivity index (χ3n) is 3.42. The summed E-state index contributed by atoms with van der Waals surface area (Å²) in [6, 6.07) is 5.38. The van der Waals surface area contributed by atoms with Crippen LogP contribution in [-0.4, -0.2) is 18.0 Å². The number of halogens is 3. The van der Waals surface area contributed by atoms with E-state index in [2.05, 4.69) is 16.9 Å². The molecule has 1 nitrogen and oxygen atoms in total. The van der Waals surface area contributed by atoms with Gasteiger partial charge < -0.3 is 0 Å². The van der Waals surface area contributed by atoms with Gasteiger partial charge in [-0.25, -0.2) is 0 Å². The molecule has 0 radical (unpaired) electrons. The molecule has 0 N–H and O–H groups in total. The first kappa shape index (κ1) is 14.7. The van der Waals surface area contributed by atoms with Gasteiger partial charge in [-0.3, -0.25) is 4.90 Å². The summed E-state index contributed by atoms with van der Waals surface area (Å²) in [6.45, 7) is 1.64. The van der Waals surface area contributed by atoms with Crippen LogP contribution in [0.4, 0.5) is 13.2 Å². The first-order valence-electron chi connectivity index (χ1n) is 6.53. The van der Waals surface area contributed by atoms with Gasteiger partial charge in [0.25, 0.3) is 0 Å². The normalized spacial score (nSPS) is 19.8. The molecule has 4 heteroatoms. The number of hydrogen-bond acceptors (Lipinski definition) is 1. The number of nitrogens with zero attached hydrogens (tertiary/aromatic N) is 1. The van der Waals surface area contributed by atoms with E-state index in [1.807, 2.05) is 6.08 Å². The Morgan fingerprint density at radius 1 is 1.25 bits per heavy atom. The van der Waals surface area contributed by atoms with E-state index in [0.717, 1.165) is 37.2 Å². The van der Waals surface area contributed by atoms with Crippen LogP contribution in [0.5, 0.6) is 0 Å².